The summed E-state index contributed by atoms with van der Waals surface area (Å²) >= 11 is 0. The molecule has 0 saturated heterocycles. The summed E-state index contributed by atoms with van der Waals surface area (Å²) in [6.07, 6.45) is 9.74. The van der Waals surface area contributed by atoms with E-state index in [9.17, 15) is 5.11 Å². The molecule has 1 aromatic rings. The number of anilines is 2. The smallest absolute Gasteiger partial charge is 0.225 e. The number of nitrogens with zero attached hydrogens (tertiary/aromatic N) is 2. The van der Waals surface area contributed by atoms with Crippen LogP contribution in [0.1, 0.15) is 70.8 Å². The average molecular weight is 358 g/mol. The van der Waals surface area contributed by atoms with E-state index in [1.165, 1.54) is 12.8 Å². The predicted molar refractivity (Wildman–Crippen MR) is 105 cm³/mol. The van der Waals surface area contributed by atoms with Crippen LogP contribution >= 0.6 is 0 Å². The van der Waals surface area contributed by atoms with E-state index in [1.807, 2.05) is 0 Å². The van der Waals surface area contributed by atoms with Gasteiger partial charge in [-0.2, -0.15) is 4.98 Å². The molecule has 1 heterocycles. The van der Waals surface area contributed by atoms with E-state index in [0.717, 1.165) is 49.9 Å². The van der Waals surface area contributed by atoms with Crippen molar-refractivity contribution in [1.82, 2.24) is 9.97 Å². The zero-order chi connectivity index (χ0) is 18.6. The van der Waals surface area contributed by atoms with Crippen LogP contribution in [0.25, 0.3) is 5.70 Å². The molecule has 6 heteroatoms. The molecule has 2 bridgehead atoms. The van der Waals surface area contributed by atoms with Crippen LogP contribution in [0.15, 0.2) is 12.8 Å². The van der Waals surface area contributed by atoms with Gasteiger partial charge in [-0.1, -0.05) is 6.58 Å². The lowest BCUT2D eigenvalue weighted by molar-refractivity contribution is -0.0581. The van der Waals surface area contributed by atoms with Crippen molar-refractivity contribution < 1.29 is 5.11 Å². The Balaban J connectivity index is 1.57. The largest absolute Gasteiger partial charge is 0.399 e. The van der Waals surface area contributed by atoms with Gasteiger partial charge in [0.15, 0.2) is 0 Å². The summed E-state index contributed by atoms with van der Waals surface area (Å²) in [5, 5.41) is 17.6. The van der Waals surface area contributed by atoms with E-state index in [1.54, 1.807) is 6.20 Å². The normalized spacial score (nSPS) is 30.9. The fraction of sp³-hybridized carbons (Fsp3) is 0.700. The first-order valence-corrected chi connectivity index (χ1v) is 9.81. The Bertz CT molecular complexity index is 700. The van der Waals surface area contributed by atoms with Crippen LogP contribution < -0.4 is 16.4 Å². The minimum Gasteiger partial charge on any atom is -0.399 e. The molecule has 0 atom stereocenters. The summed E-state index contributed by atoms with van der Waals surface area (Å²) in [5.41, 5.74) is 6.76. The Labute approximate surface area is 155 Å². The second kappa shape index (κ2) is 5.84. The molecule has 0 amide bonds. The SMILES string of the molecule is C=C(N)c1cnc(NC23CCC(O)(CC2)CC3)nc1NC(C)(C)C1CC1. The topological polar surface area (TPSA) is 96.1 Å². The Kier molecular flexibility index (Phi) is 3.95. The third-order valence-corrected chi connectivity index (χ3v) is 6.76. The first-order chi connectivity index (χ1) is 12.2. The van der Waals surface area contributed by atoms with Crippen molar-refractivity contribution in [3.05, 3.63) is 18.3 Å². The Morgan fingerprint density at radius 1 is 1.23 bits per heavy atom. The summed E-state index contributed by atoms with van der Waals surface area (Å²) in [4.78, 5) is 9.28. The van der Waals surface area contributed by atoms with Gasteiger partial charge in [0.25, 0.3) is 0 Å². The number of hydrogen-bond acceptors (Lipinski definition) is 6. The average Bonchev–Trinajstić information content (AvgIpc) is 3.41. The molecule has 142 valence electrons. The number of hydrogen-bond donors (Lipinski definition) is 4. The van der Waals surface area contributed by atoms with Gasteiger partial charge < -0.3 is 21.5 Å². The molecule has 4 saturated carbocycles. The number of fused-ring (bicyclic) bond motifs is 3. The number of nitrogens with two attached hydrogens (primary N) is 1. The summed E-state index contributed by atoms with van der Waals surface area (Å²) in [6.45, 7) is 8.30. The molecule has 6 nitrogen and oxygen atoms in total. The first-order valence-electron chi connectivity index (χ1n) is 9.81. The monoisotopic (exact) mass is 357 g/mol. The molecule has 4 aliphatic rings. The first kappa shape index (κ1) is 17.6. The number of aromatic nitrogens is 2. The van der Waals surface area contributed by atoms with E-state index < -0.39 is 5.60 Å². The molecule has 26 heavy (non-hydrogen) atoms. The lowest BCUT2D eigenvalue weighted by Gasteiger charge is -2.51. The van der Waals surface area contributed by atoms with E-state index >= 15 is 0 Å². The van der Waals surface area contributed by atoms with Crippen LogP contribution in [0.4, 0.5) is 11.8 Å². The van der Waals surface area contributed by atoms with E-state index in [0.29, 0.717) is 17.6 Å². The Morgan fingerprint density at radius 3 is 2.38 bits per heavy atom. The fourth-order valence-corrected chi connectivity index (χ4v) is 4.58. The van der Waals surface area contributed by atoms with Gasteiger partial charge in [0.05, 0.1) is 11.2 Å². The summed E-state index contributed by atoms with van der Waals surface area (Å²) in [5.74, 6) is 2.06. The Morgan fingerprint density at radius 2 is 1.85 bits per heavy atom. The highest BCUT2D eigenvalue weighted by Crippen LogP contribution is 2.48. The van der Waals surface area contributed by atoms with Crippen LogP contribution in [0, 0.1) is 5.92 Å². The molecule has 0 aliphatic heterocycles. The standard InChI is InChI=1S/C20H31N5O/c1-13(21)15-12-22-17(23-16(15)24-18(2,3)14-4-5-14)25-19-6-9-20(26,10-7-19)11-8-19/h12,14,26H,1,4-11,21H2,2-3H3,(H2,22,23,24,25). The van der Waals surface area contributed by atoms with Gasteiger partial charge in [0.1, 0.15) is 5.82 Å². The molecule has 4 aliphatic carbocycles. The van der Waals surface area contributed by atoms with Crippen LogP contribution in [-0.4, -0.2) is 31.8 Å². The highest BCUT2D eigenvalue weighted by atomic mass is 16.3. The van der Waals surface area contributed by atoms with Crippen LogP contribution in [-0.2, 0) is 0 Å². The minimum absolute atomic E-state index is 0.00893. The number of aliphatic hydroxyl groups is 1. The van der Waals surface area contributed by atoms with E-state index in [2.05, 4.69) is 36.0 Å². The van der Waals surface area contributed by atoms with Crippen molar-refractivity contribution in [3.63, 3.8) is 0 Å². The zero-order valence-corrected chi connectivity index (χ0v) is 15.9. The third kappa shape index (κ3) is 3.27. The van der Waals surface area contributed by atoms with Gasteiger partial charge in [-0.15, -0.1) is 0 Å². The van der Waals surface area contributed by atoms with Crippen LogP contribution in [0.2, 0.25) is 0 Å². The van der Waals surface area contributed by atoms with Gasteiger partial charge in [0, 0.05) is 23.0 Å². The summed E-state index contributed by atoms with van der Waals surface area (Å²) in [7, 11) is 0. The van der Waals surface area contributed by atoms with E-state index in [-0.39, 0.29) is 11.1 Å². The molecular weight excluding hydrogens is 326 g/mol. The minimum atomic E-state index is -0.438. The lowest BCUT2D eigenvalue weighted by Crippen LogP contribution is -2.54. The molecule has 0 unspecified atom stereocenters. The van der Waals surface area contributed by atoms with Crippen molar-refractivity contribution in [3.8, 4) is 0 Å². The molecule has 0 spiro atoms. The maximum atomic E-state index is 10.4. The molecule has 1 aromatic heterocycles. The summed E-state index contributed by atoms with van der Waals surface area (Å²) in [6, 6.07) is 0. The molecular formula is C20H31N5O. The van der Waals surface area contributed by atoms with E-state index in [4.69, 9.17) is 10.7 Å². The van der Waals surface area contributed by atoms with Gasteiger partial charge >= 0.3 is 0 Å². The van der Waals surface area contributed by atoms with Crippen molar-refractivity contribution in [2.24, 2.45) is 11.7 Å². The molecule has 5 N–H and O–H groups in total. The van der Waals surface area contributed by atoms with Crippen molar-refractivity contribution >= 4 is 17.5 Å². The Hall–Kier alpha value is -1.82. The fourth-order valence-electron chi connectivity index (χ4n) is 4.58. The van der Waals surface area contributed by atoms with Gasteiger partial charge in [-0.05, 0) is 71.1 Å². The highest BCUT2D eigenvalue weighted by Gasteiger charge is 2.48. The van der Waals surface area contributed by atoms with Gasteiger partial charge in [-0.25, -0.2) is 4.98 Å². The second-order valence-corrected chi connectivity index (χ2v) is 9.23. The second-order valence-electron chi connectivity index (χ2n) is 9.23. The zero-order valence-electron chi connectivity index (χ0n) is 15.9. The number of rotatable bonds is 6. The van der Waals surface area contributed by atoms with Crippen LogP contribution in [0.3, 0.4) is 0 Å². The van der Waals surface area contributed by atoms with Crippen LogP contribution in [0.5, 0.6) is 0 Å². The number of nitrogens with one attached hydrogen (secondary N) is 2. The molecule has 0 radical (unpaired) electrons. The molecule has 4 fully saturated rings. The lowest BCUT2D eigenvalue weighted by atomic mass is 9.63. The van der Waals surface area contributed by atoms with Crippen molar-refractivity contribution in [1.29, 1.82) is 0 Å². The maximum absolute atomic E-state index is 10.4. The maximum Gasteiger partial charge on any atom is 0.225 e. The summed E-state index contributed by atoms with van der Waals surface area (Å²) < 4.78 is 0. The highest BCUT2D eigenvalue weighted by molar-refractivity contribution is 5.71. The van der Waals surface area contributed by atoms with Gasteiger partial charge in [0.2, 0.25) is 5.95 Å². The van der Waals surface area contributed by atoms with Crippen molar-refractivity contribution in [2.75, 3.05) is 10.6 Å². The van der Waals surface area contributed by atoms with Crippen molar-refractivity contribution in [2.45, 2.75) is 81.9 Å². The van der Waals surface area contributed by atoms with Gasteiger partial charge in [-0.3, -0.25) is 0 Å². The molecule has 5 rings (SSSR count). The third-order valence-electron chi connectivity index (χ3n) is 6.76. The molecule has 0 aromatic carbocycles. The predicted octanol–water partition coefficient (Wildman–Crippen LogP) is 3.26. The quantitative estimate of drug-likeness (QED) is 0.624.